The molecule has 0 atom stereocenters. The molecule has 5 nitrogen and oxygen atoms in total. The monoisotopic (exact) mass is 867 g/mol. The summed E-state index contributed by atoms with van der Waals surface area (Å²) in [5.74, 6) is 1.88. The molecule has 3 heterocycles. The van der Waals surface area contributed by atoms with Crippen molar-refractivity contribution >= 4 is 44.6 Å². The summed E-state index contributed by atoms with van der Waals surface area (Å²) in [5, 5.41) is 2.05. The summed E-state index contributed by atoms with van der Waals surface area (Å²) in [6.45, 7) is 18.4. The van der Waals surface area contributed by atoms with Crippen molar-refractivity contribution in [1.82, 2.24) is 9.55 Å². The number of pyridine rings is 1. The molecule has 9 aromatic rings. The molecule has 0 bridgehead atoms. The van der Waals surface area contributed by atoms with E-state index in [9.17, 15) is 0 Å². The van der Waals surface area contributed by atoms with Gasteiger partial charge in [-0.15, -0.1) is 0 Å². The van der Waals surface area contributed by atoms with Gasteiger partial charge in [-0.1, -0.05) is 153 Å². The Bertz CT molecular complexity index is 3370. The number of nitrogens with zero attached hydrogens (tertiary/aromatic N) is 4. The number of aryl methyl sites for hydroxylation is 1. The fourth-order valence-corrected chi connectivity index (χ4v) is 9.21. The van der Waals surface area contributed by atoms with Crippen LogP contribution in [0.4, 0.5) is 22.7 Å². The zero-order chi connectivity index (χ0) is 48.6. The molecule has 0 saturated heterocycles. The summed E-state index contributed by atoms with van der Waals surface area (Å²) in [6.07, 6.45) is 1.72. The third kappa shape index (κ3) is 8.02. The summed E-state index contributed by atoms with van der Waals surface area (Å²) in [7, 11) is 0. The van der Waals surface area contributed by atoms with Crippen LogP contribution in [-0.2, 0) is 16.2 Å². The highest BCUT2D eigenvalue weighted by atomic mass is 16.5. The molecule has 2 aromatic heterocycles. The molecule has 10 rings (SSSR count). The van der Waals surface area contributed by atoms with Gasteiger partial charge in [0.25, 0.3) is 0 Å². The smallest absolute Gasteiger partial charge is 0.137 e. The maximum Gasteiger partial charge on any atom is 0.137 e. The van der Waals surface area contributed by atoms with Gasteiger partial charge in [-0.2, -0.15) is 0 Å². The van der Waals surface area contributed by atoms with Crippen molar-refractivity contribution in [2.24, 2.45) is 0 Å². The van der Waals surface area contributed by atoms with E-state index in [-0.39, 0.29) is 21.8 Å². The SMILES string of the molecule is [2H]C([2H])([2H])c1cc(-n2c3ccccc3c3ccc(Oc4cccc(N5CN(c6cc(C(C)(C)C)cc(C(C)(C)C)c6)c6cc(-c7ccccc7)ccc65)c4)cc32)ncc1-c1cccc(C(C)(C)C)c1. The van der Waals surface area contributed by atoms with Crippen LogP contribution >= 0.6 is 0 Å². The van der Waals surface area contributed by atoms with E-state index in [0.717, 1.165) is 50.0 Å². The quantitative estimate of drug-likeness (QED) is 0.160. The van der Waals surface area contributed by atoms with Crippen LogP contribution < -0.4 is 14.5 Å². The van der Waals surface area contributed by atoms with E-state index in [1.807, 2.05) is 42.5 Å². The zero-order valence-corrected chi connectivity index (χ0v) is 39.6. The second kappa shape index (κ2) is 16.1. The molecule has 1 aliphatic rings. The summed E-state index contributed by atoms with van der Waals surface area (Å²) in [5.41, 5.74) is 13.8. The average molecular weight is 868 g/mol. The number of rotatable bonds is 7. The van der Waals surface area contributed by atoms with Crippen molar-refractivity contribution < 1.29 is 8.85 Å². The highest BCUT2D eigenvalue weighted by molar-refractivity contribution is 6.09. The molecule has 0 fully saturated rings. The van der Waals surface area contributed by atoms with Crippen molar-refractivity contribution in [3.63, 3.8) is 0 Å². The fourth-order valence-electron chi connectivity index (χ4n) is 9.21. The van der Waals surface area contributed by atoms with Gasteiger partial charge in [-0.05, 0) is 123 Å². The number of fused-ring (bicyclic) bond motifs is 4. The van der Waals surface area contributed by atoms with Gasteiger partial charge in [0.05, 0.1) is 22.4 Å². The second-order valence-corrected chi connectivity index (χ2v) is 20.9. The third-order valence-electron chi connectivity index (χ3n) is 13.1. The number of ether oxygens (including phenoxy) is 1. The summed E-state index contributed by atoms with van der Waals surface area (Å²) < 4.78 is 34.9. The van der Waals surface area contributed by atoms with Crippen LogP contribution in [0.5, 0.6) is 11.5 Å². The maximum absolute atomic E-state index is 8.70. The van der Waals surface area contributed by atoms with E-state index >= 15 is 0 Å². The average Bonchev–Trinajstić information content (AvgIpc) is 3.86. The van der Waals surface area contributed by atoms with E-state index in [4.69, 9.17) is 13.8 Å². The number of hydrogen-bond acceptors (Lipinski definition) is 4. The van der Waals surface area contributed by atoms with Crippen LogP contribution in [0.2, 0.25) is 0 Å². The van der Waals surface area contributed by atoms with Gasteiger partial charge in [0.15, 0.2) is 0 Å². The van der Waals surface area contributed by atoms with E-state index in [0.29, 0.717) is 29.5 Å². The zero-order valence-electron chi connectivity index (χ0n) is 42.6. The Hall–Kier alpha value is -7.11. The van der Waals surface area contributed by atoms with E-state index in [2.05, 4.69) is 192 Å². The fraction of sp³-hybridized carbons (Fsp3) is 0.230. The van der Waals surface area contributed by atoms with Crippen LogP contribution in [0.1, 0.15) is 88.7 Å². The highest BCUT2D eigenvalue weighted by Gasteiger charge is 2.31. The summed E-state index contributed by atoms with van der Waals surface area (Å²) in [6, 6.07) is 57.0. The van der Waals surface area contributed by atoms with Crippen LogP contribution in [0.25, 0.3) is 49.9 Å². The summed E-state index contributed by atoms with van der Waals surface area (Å²) in [4.78, 5) is 9.82. The molecule has 0 aliphatic carbocycles. The van der Waals surface area contributed by atoms with Gasteiger partial charge in [0.1, 0.15) is 24.0 Å². The Morgan fingerprint density at radius 2 is 1.15 bits per heavy atom. The first kappa shape index (κ1) is 39.3. The van der Waals surface area contributed by atoms with Crippen LogP contribution in [-0.4, -0.2) is 16.2 Å². The largest absolute Gasteiger partial charge is 0.457 e. The lowest BCUT2D eigenvalue weighted by Gasteiger charge is -2.29. The maximum atomic E-state index is 8.70. The van der Waals surface area contributed by atoms with Gasteiger partial charge in [0, 0.05) is 50.2 Å². The minimum absolute atomic E-state index is 0.0336. The molecule has 0 amide bonds. The molecule has 0 spiro atoms. The Morgan fingerprint density at radius 1 is 0.485 bits per heavy atom. The Balaban J connectivity index is 1.04. The van der Waals surface area contributed by atoms with E-state index in [1.54, 1.807) is 12.3 Å². The van der Waals surface area contributed by atoms with Crippen LogP contribution in [0.3, 0.4) is 0 Å². The van der Waals surface area contributed by atoms with Crippen LogP contribution in [0, 0.1) is 6.85 Å². The number of para-hydroxylation sites is 1. The minimum Gasteiger partial charge on any atom is -0.457 e. The molecule has 0 saturated carbocycles. The molecule has 0 unspecified atom stereocenters. The summed E-state index contributed by atoms with van der Waals surface area (Å²) >= 11 is 0. The van der Waals surface area contributed by atoms with Gasteiger partial charge < -0.3 is 14.5 Å². The number of aromatic nitrogens is 2. The number of benzene rings is 7. The minimum atomic E-state index is -2.38. The lowest BCUT2D eigenvalue weighted by atomic mass is 9.80. The first-order valence-corrected chi connectivity index (χ1v) is 23.0. The topological polar surface area (TPSA) is 33.5 Å². The molecule has 330 valence electrons. The van der Waals surface area contributed by atoms with Gasteiger partial charge in [0.2, 0.25) is 0 Å². The number of anilines is 4. The predicted molar refractivity (Wildman–Crippen MR) is 279 cm³/mol. The standard InChI is InChI=1S/C61H60N4O/c1-40-30-58(62-38-53(40)43-20-16-21-44(31-43)59(2,3)4)65-54-25-15-14-24-51(54)52-28-27-50(37-56(52)65)66-49-23-17-22-47(36-49)63-39-64(48-34-45(60(5,6)7)33-46(35-48)61(8,9)10)57-32-42(26-29-55(57)63)41-18-12-11-13-19-41/h11-38H,39H2,1-10H3/i1D3. The van der Waals surface area contributed by atoms with Crippen molar-refractivity contribution in [3.05, 3.63) is 192 Å². The van der Waals surface area contributed by atoms with Crippen molar-refractivity contribution in [2.75, 3.05) is 16.5 Å². The van der Waals surface area contributed by atoms with E-state index in [1.165, 1.54) is 27.9 Å². The van der Waals surface area contributed by atoms with Gasteiger partial charge in [-0.25, -0.2) is 4.98 Å². The molecule has 66 heavy (non-hydrogen) atoms. The number of hydrogen-bond donors (Lipinski definition) is 0. The molecular formula is C61H60N4O. The molecule has 1 aliphatic heterocycles. The Labute approximate surface area is 395 Å². The van der Waals surface area contributed by atoms with Crippen molar-refractivity contribution in [2.45, 2.75) is 85.4 Å². The molecule has 0 radical (unpaired) electrons. The molecule has 0 N–H and O–H groups in total. The highest BCUT2D eigenvalue weighted by Crippen LogP contribution is 2.48. The van der Waals surface area contributed by atoms with Crippen LogP contribution in [0.15, 0.2) is 170 Å². The normalized spacial score (nSPS) is 14.0. The molecule has 7 aromatic carbocycles. The lowest BCUT2D eigenvalue weighted by molar-refractivity contribution is 0.483. The Kier molecular flexibility index (Phi) is 9.58. The van der Waals surface area contributed by atoms with Crippen molar-refractivity contribution in [1.29, 1.82) is 0 Å². The first-order chi connectivity index (χ1) is 32.7. The lowest BCUT2D eigenvalue weighted by Crippen LogP contribution is -2.25. The molecular weight excluding hydrogens is 805 g/mol. The Morgan fingerprint density at radius 3 is 1.89 bits per heavy atom. The van der Waals surface area contributed by atoms with E-state index < -0.39 is 6.85 Å². The second-order valence-electron chi connectivity index (χ2n) is 20.9. The predicted octanol–water partition coefficient (Wildman–Crippen LogP) is 16.8. The molecule has 5 heteroatoms. The van der Waals surface area contributed by atoms with Gasteiger partial charge >= 0.3 is 0 Å². The first-order valence-electron chi connectivity index (χ1n) is 24.5. The van der Waals surface area contributed by atoms with Gasteiger partial charge in [-0.3, -0.25) is 4.57 Å². The third-order valence-corrected chi connectivity index (χ3v) is 13.1. The van der Waals surface area contributed by atoms with Crippen molar-refractivity contribution in [3.8, 4) is 39.6 Å².